The van der Waals surface area contributed by atoms with Gasteiger partial charge in [0.05, 0.1) is 20.1 Å². The van der Waals surface area contributed by atoms with Crippen LogP contribution in [0.1, 0.15) is 27.4 Å². The number of amides is 1. The Kier molecular flexibility index (Phi) is 5.35. The number of aliphatic carboxylic acids is 1. The number of ether oxygens (including phenoxy) is 2. The molecule has 1 saturated heterocycles. The molecule has 0 radical (unpaired) electrons. The first-order valence-electron chi connectivity index (χ1n) is 8.76. The van der Waals surface area contributed by atoms with Crippen molar-refractivity contribution in [2.24, 2.45) is 5.92 Å². The quantitative estimate of drug-likeness (QED) is 0.877. The van der Waals surface area contributed by atoms with Gasteiger partial charge in [-0.2, -0.15) is 0 Å². The lowest BCUT2D eigenvalue weighted by Crippen LogP contribution is -2.30. The topological polar surface area (TPSA) is 76.1 Å². The maximum atomic E-state index is 13.1. The lowest BCUT2D eigenvalue weighted by Gasteiger charge is -2.19. The summed E-state index contributed by atoms with van der Waals surface area (Å²) in [5, 5.41) is 9.65. The minimum absolute atomic E-state index is 0.182. The molecule has 0 spiro atoms. The molecule has 1 heterocycles. The first-order chi connectivity index (χ1) is 13.0. The van der Waals surface area contributed by atoms with E-state index in [1.165, 1.54) is 7.11 Å². The van der Waals surface area contributed by atoms with Crippen molar-refractivity contribution in [3.8, 4) is 11.5 Å². The molecule has 1 amide bonds. The van der Waals surface area contributed by atoms with Gasteiger partial charge in [-0.05, 0) is 30.2 Å². The molecule has 6 nitrogen and oxygen atoms in total. The Morgan fingerprint density at radius 3 is 2.26 bits per heavy atom. The lowest BCUT2D eigenvalue weighted by molar-refractivity contribution is -0.141. The van der Waals surface area contributed by atoms with Crippen LogP contribution in [0.4, 0.5) is 0 Å². The summed E-state index contributed by atoms with van der Waals surface area (Å²) in [6, 6.07) is 12.9. The van der Waals surface area contributed by atoms with E-state index >= 15 is 0 Å². The Bertz CT molecular complexity index is 849. The van der Waals surface area contributed by atoms with Crippen LogP contribution in [0.5, 0.6) is 11.5 Å². The number of rotatable bonds is 5. The Hall–Kier alpha value is -3.02. The number of carbonyl (C=O) groups is 2. The van der Waals surface area contributed by atoms with Crippen LogP contribution in [0.2, 0.25) is 0 Å². The van der Waals surface area contributed by atoms with Gasteiger partial charge in [-0.1, -0.05) is 30.3 Å². The highest BCUT2D eigenvalue weighted by atomic mass is 16.5. The summed E-state index contributed by atoms with van der Waals surface area (Å²) in [6.07, 6.45) is 0. The monoisotopic (exact) mass is 369 g/mol. The highest BCUT2D eigenvalue weighted by Crippen LogP contribution is 2.35. The maximum Gasteiger partial charge on any atom is 0.308 e. The van der Waals surface area contributed by atoms with E-state index < -0.39 is 11.9 Å². The highest BCUT2D eigenvalue weighted by molar-refractivity contribution is 5.97. The van der Waals surface area contributed by atoms with Gasteiger partial charge in [0.2, 0.25) is 0 Å². The van der Waals surface area contributed by atoms with Gasteiger partial charge >= 0.3 is 5.97 Å². The highest BCUT2D eigenvalue weighted by Gasteiger charge is 2.41. The number of methoxy groups -OCH3 is 2. The van der Waals surface area contributed by atoms with Crippen LogP contribution in [0.3, 0.4) is 0 Å². The molecule has 0 saturated carbocycles. The largest absolute Gasteiger partial charge is 0.493 e. The summed E-state index contributed by atoms with van der Waals surface area (Å²) in [6.45, 7) is 2.38. The van der Waals surface area contributed by atoms with Crippen molar-refractivity contribution in [3.05, 3.63) is 59.2 Å². The molecule has 1 aliphatic rings. The van der Waals surface area contributed by atoms with Crippen LogP contribution in [-0.4, -0.2) is 49.2 Å². The number of carbonyl (C=O) groups excluding carboxylic acids is 1. The molecule has 2 aromatic rings. The molecule has 2 aromatic carbocycles. The second kappa shape index (κ2) is 7.70. The zero-order chi connectivity index (χ0) is 19.6. The van der Waals surface area contributed by atoms with Gasteiger partial charge in [-0.25, -0.2) is 0 Å². The number of aryl methyl sites for hydroxylation is 1. The maximum absolute atomic E-state index is 13.1. The van der Waals surface area contributed by atoms with E-state index in [1.807, 2.05) is 37.3 Å². The smallest absolute Gasteiger partial charge is 0.308 e. The second-order valence-electron chi connectivity index (χ2n) is 6.69. The van der Waals surface area contributed by atoms with Crippen molar-refractivity contribution < 1.29 is 24.2 Å². The van der Waals surface area contributed by atoms with Crippen molar-refractivity contribution in [3.63, 3.8) is 0 Å². The molecule has 3 rings (SSSR count). The Morgan fingerprint density at radius 2 is 1.67 bits per heavy atom. The minimum Gasteiger partial charge on any atom is -0.493 e. The van der Waals surface area contributed by atoms with Gasteiger partial charge < -0.3 is 19.5 Å². The molecule has 0 aliphatic carbocycles. The molecule has 2 atom stereocenters. The van der Waals surface area contributed by atoms with E-state index in [4.69, 9.17) is 9.47 Å². The molecule has 27 heavy (non-hydrogen) atoms. The first-order valence-corrected chi connectivity index (χ1v) is 8.76. The predicted molar refractivity (Wildman–Crippen MR) is 100 cm³/mol. The van der Waals surface area contributed by atoms with Gasteiger partial charge in [0, 0.05) is 24.6 Å². The number of carboxylic acid groups (broad SMARTS) is 1. The number of benzene rings is 2. The molecule has 1 aliphatic heterocycles. The summed E-state index contributed by atoms with van der Waals surface area (Å²) in [5.41, 5.74) is 2.18. The van der Waals surface area contributed by atoms with Crippen molar-refractivity contribution in [1.29, 1.82) is 0 Å². The molecule has 1 fully saturated rings. The number of likely N-dealkylation sites (tertiary alicyclic amines) is 1. The molecule has 0 unspecified atom stereocenters. The molecule has 0 aromatic heterocycles. The summed E-state index contributed by atoms with van der Waals surface area (Å²) < 4.78 is 10.6. The average molecular weight is 369 g/mol. The van der Waals surface area contributed by atoms with E-state index in [0.29, 0.717) is 23.6 Å². The van der Waals surface area contributed by atoms with Crippen LogP contribution < -0.4 is 9.47 Å². The average Bonchev–Trinajstić information content (AvgIpc) is 3.13. The third-order valence-corrected chi connectivity index (χ3v) is 5.11. The van der Waals surface area contributed by atoms with Crippen molar-refractivity contribution in [2.75, 3.05) is 27.3 Å². The molecule has 1 N–H and O–H groups in total. The SMILES string of the molecule is COc1cc(C)c(C(=O)N2C[C@H](C(=O)O)[C@H](c3ccccc3)C2)cc1OC. The summed E-state index contributed by atoms with van der Waals surface area (Å²) in [7, 11) is 3.06. The van der Waals surface area contributed by atoms with Crippen LogP contribution in [0.15, 0.2) is 42.5 Å². The standard InChI is InChI=1S/C21H23NO5/c1-13-9-18(26-2)19(27-3)10-15(13)20(23)22-11-16(17(12-22)21(24)25)14-7-5-4-6-8-14/h4-10,16-17H,11-12H2,1-3H3,(H,24,25)/t16-,17-/m0/s1. The number of nitrogens with zero attached hydrogens (tertiary/aromatic N) is 1. The van der Waals surface area contributed by atoms with Crippen LogP contribution in [-0.2, 0) is 4.79 Å². The minimum atomic E-state index is -0.886. The summed E-state index contributed by atoms with van der Waals surface area (Å²) >= 11 is 0. The Labute approximate surface area is 158 Å². The molecule has 142 valence electrons. The van der Waals surface area contributed by atoms with Crippen molar-refractivity contribution in [2.45, 2.75) is 12.8 Å². The fraction of sp³-hybridized carbons (Fsp3) is 0.333. The number of carboxylic acids is 1. The molecular formula is C21H23NO5. The molecular weight excluding hydrogens is 346 g/mol. The van der Waals surface area contributed by atoms with Crippen molar-refractivity contribution >= 4 is 11.9 Å². The third kappa shape index (κ3) is 3.60. The summed E-state index contributed by atoms with van der Waals surface area (Å²) in [4.78, 5) is 26.5. The van der Waals surface area contributed by atoms with Gasteiger partial charge in [0.15, 0.2) is 11.5 Å². The van der Waals surface area contributed by atoms with Crippen LogP contribution in [0.25, 0.3) is 0 Å². The van der Waals surface area contributed by atoms with Gasteiger partial charge in [-0.3, -0.25) is 9.59 Å². The van der Waals surface area contributed by atoms with E-state index in [1.54, 1.807) is 24.1 Å². The van der Waals surface area contributed by atoms with E-state index in [9.17, 15) is 14.7 Å². The first kappa shape index (κ1) is 18.8. The zero-order valence-electron chi connectivity index (χ0n) is 15.6. The fourth-order valence-corrected chi connectivity index (χ4v) is 3.64. The number of hydrogen-bond acceptors (Lipinski definition) is 4. The predicted octanol–water partition coefficient (Wildman–Crippen LogP) is 2.95. The second-order valence-corrected chi connectivity index (χ2v) is 6.69. The van der Waals surface area contributed by atoms with E-state index in [2.05, 4.69) is 0 Å². The normalized spacial score (nSPS) is 19.0. The van der Waals surface area contributed by atoms with E-state index in [0.717, 1.165) is 11.1 Å². The molecule has 0 bridgehead atoms. The van der Waals surface area contributed by atoms with Crippen LogP contribution in [0, 0.1) is 12.8 Å². The molecule has 6 heteroatoms. The van der Waals surface area contributed by atoms with Crippen molar-refractivity contribution in [1.82, 2.24) is 4.90 Å². The van der Waals surface area contributed by atoms with Gasteiger partial charge in [0.25, 0.3) is 5.91 Å². The van der Waals surface area contributed by atoms with E-state index in [-0.39, 0.29) is 18.4 Å². The lowest BCUT2D eigenvalue weighted by atomic mass is 9.89. The van der Waals surface area contributed by atoms with Gasteiger partial charge in [0.1, 0.15) is 0 Å². The Balaban J connectivity index is 1.91. The third-order valence-electron chi connectivity index (χ3n) is 5.11. The fourth-order valence-electron chi connectivity index (χ4n) is 3.64. The van der Waals surface area contributed by atoms with Crippen LogP contribution >= 0.6 is 0 Å². The van der Waals surface area contributed by atoms with Gasteiger partial charge in [-0.15, -0.1) is 0 Å². The zero-order valence-corrected chi connectivity index (χ0v) is 15.6. The number of hydrogen-bond donors (Lipinski definition) is 1. The Morgan fingerprint density at radius 1 is 1.04 bits per heavy atom. The summed E-state index contributed by atoms with van der Waals surface area (Å²) in [5.74, 6) is -0.912.